The highest BCUT2D eigenvalue weighted by molar-refractivity contribution is 5.98. The van der Waals surface area contributed by atoms with E-state index in [9.17, 15) is 4.79 Å². The summed E-state index contributed by atoms with van der Waals surface area (Å²) in [6.45, 7) is 1.75. The van der Waals surface area contributed by atoms with Crippen molar-refractivity contribution in [1.29, 1.82) is 0 Å². The first-order valence-electron chi connectivity index (χ1n) is 6.64. The fraction of sp³-hybridized carbons (Fsp3) is 0.500. The zero-order chi connectivity index (χ0) is 13.2. The Kier molecular flexibility index (Phi) is 3.29. The highest BCUT2D eigenvalue weighted by Crippen LogP contribution is 2.36. The Balaban J connectivity index is 1.82. The molecule has 3 rings (SSSR count). The summed E-state index contributed by atoms with van der Waals surface area (Å²) < 4.78 is 10.7. The molecule has 0 radical (unpaired) electrons. The number of ether oxygens (including phenoxy) is 2. The van der Waals surface area contributed by atoms with E-state index in [1.54, 1.807) is 6.07 Å². The van der Waals surface area contributed by atoms with E-state index in [0.717, 1.165) is 25.9 Å². The van der Waals surface area contributed by atoms with Gasteiger partial charge >= 0.3 is 0 Å². The summed E-state index contributed by atoms with van der Waals surface area (Å²) >= 11 is 0. The minimum Gasteiger partial charge on any atom is -0.454 e. The largest absolute Gasteiger partial charge is 0.454 e. The lowest BCUT2D eigenvalue weighted by Crippen LogP contribution is -2.47. The number of carbonyl (C=O) groups is 1. The summed E-state index contributed by atoms with van der Waals surface area (Å²) in [5.74, 6) is 1.27. The SMILES string of the molecule is CN[C@H]1CCCN(C(=O)c2cccc3c2OCO3)C1. The number of carbonyl (C=O) groups excluding carboxylic acids is 1. The molecule has 1 N–H and O–H groups in total. The van der Waals surface area contributed by atoms with Crippen molar-refractivity contribution in [2.45, 2.75) is 18.9 Å². The standard InChI is InChI=1S/C14H18N2O3/c1-15-10-4-3-7-16(8-10)14(17)11-5-2-6-12-13(11)19-9-18-12/h2,5-6,10,15H,3-4,7-9H2,1H3/t10-/m0/s1. The van der Waals surface area contributed by atoms with Gasteiger partial charge in [-0.15, -0.1) is 0 Å². The molecule has 5 nitrogen and oxygen atoms in total. The summed E-state index contributed by atoms with van der Waals surface area (Å²) in [7, 11) is 1.94. The topological polar surface area (TPSA) is 50.8 Å². The molecule has 0 aromatic heterocycles. The van der Waals surface area contributed by atoms with E-state index in [0.29, 0.717) is 23.1 Å². The quantitative estimate of drug-likeness (QED) is 0.871. The highest BCUT2D eigenvalue weighted by atomic mass is 16.7. The smallest absolute Gasteiger partial charge is 0.257 e. The van der Waals surface area contributed by atoms with Crippen LogP contribution in [0.2, 0.25) is 0 Å². The third-order valence-corrected chi connectivity index (χ3v) is 3.74. The molecule has 2 aliphatic rings. The molecule has 2 aliphatic heterocycles. The Labute approximate surface area is 112 Å². The molecule has 5 heteroatoms. The number of para-hydroxylation sites is 1. The summed E-state index contributed by atoms with van der Waals surface area (Å²) in [4.78, 5) is 14.5. The first kappa shape index (κ1) is 12.3. The molecule has 1 aromatic carbocycles. The van der Waals surface area contributed by atoms with Gasteiger partial charge in [0.05, 0.1) is 5.56 Å². The van der Waals surface area contributed by atoms with Gasteiger partial charge in [-0.25, -0.2) is 0 Å². The number of nitrogens with one attached hydrogen (secondary N) is 1. The van der Waals surface area contributed by atoms with Gasteiger partial charge in [0.25, 0.3) is 5.91 Å². The van der Waals surface area contributed by atoms with E-state index < -0.39 is 0 Å². The molecular formula is C14H18N2O3. The van der Waals surface area contributed by atoms with Gasteiger partial charge < -0.3 is 19.7 Å². The van der Waals surface area contributed by atoms with Crippen molar-refractivity contribution >= 4 is 5.91 Å². The third-order valence-electron chi connectivity index (χ3n) is 3.74. The summed E-state index contributed by atoms with van der Waals surface area (Å²) in [5, 5.41) is 3.24. The number of hydrogen-bond acceptors (Lipinski definition) is 4. The molecular weight excluding hydrogens is 244 g/mol. The molecule has 2 heterocycles. The molecule has 0 unspecified atom stereocenters. The lowest BCUT2D eigenvalue weighted by Gasteiger charge is -2.32. The number of amides is 1. The van der Waals surface area contributed by atoms with Gasteiger partial charge in [-0.1, -0.05) is 6.07 Å². The van der Waals surface area contributed by atoms with Gasteiger partial charge in [0.15, 0.2) is 11.5 Å². The fourth-order valence-corrected chi connectivity index (χ4v) is 2.67. The monoisotopic (exact) mass is 262 g/mol. The average molecular weight is 262 g/mol. The molecule has 0 bridgehead atoms. The minimum atomic E-state index is 0.0299. The van der Waals surface area contributed by atoms with Gasteiger partial charge in [-0.05, 0) is 32.0 Å². The molecule has 1 saturated heterocycles. The number of nitrogens with zero attached hydrogens (tertiary/aromatic N) is 1. The number of rotatable bonds is 2. The van der Waals surface area contributed by atoms with Crippen LogP contribution in [0.5, 0.6) is 11.5 Å². The van der Waals surface area contributed by atoms with Crippen molar-refractivity contribution in [3.05, 3.63) is 23.8 Å². The lowest BCUT2D eigenvalue weighted by atomic mass is 10.0. The molecule has 0 spiro atoms. The maximum Gasteiger partial charge on any atom is 0.257 e. The van der Waals surface area contributed by atoms with Crippen molar-refractivity contribution in [2.75, 3.05) is 26.9 Å². The van der Waals surface area contributed by atoms with Crippen LogP contribution < -0.4 is 14.8 Å². The minimum absolute atomic E-state index is 0.0299. The predicted molar refractivity (Wildman–Crippen MR) is 70.6 cm³/mol. The van der Waals surface area contributed by atoms with E-state index in [2.05, 4.69) is 5.32 Å². The third kappa shape index (κ3) is 2.26. The summed E-state index contributed by atoms with van der Waals surface area (Å²) in [6.07, 6.45) is 2.15. The Morgan fingerprint density at radius 3 is 3.16 bits per heavy atom. The molecule has 1 atom stereocenters. The summed E-state index contributed by atoms with van der Waals surface area (Å²) in [5.41, 5.74) is 0.603. The Morgan fingerprint density at radius 2 is 2.32 bits per heavy atom. The number of likely N-dealkylation sites (N-methyl/N-ethyl adjacent to an activating group) is 1. The normalized spacial score (nSPS) is 21.5. The second-order valence-corrected chi connectivity index (χ2v) is 4.92. The van der Waals surface area contributed by atoms with Gasteiger partial charge in [0.1, 0.15) is 0 Å². The maximum atomic E-state index is 12.6. The van der Waals surface area contributed by atoms with Crippen LogP contribution in [-0.2, 0) is 0 Å². The van der Waals surface area contributed by atoms with Crippen LogP contribution in [0.4, 0.5) is 0 Å². The predicted octanol–water partition coefficient (Wildman–Crippen LogP) is 1.24. The molecule has 1 amide bonds. The van der Waals surface area contributed by atoms with E-state index in [1.165, 1.54) is 0 Å². The first-order valence-corrected chi connectivity index (χ1v) is 6.64. The van der Waals surface area contributed by atoms with Crippen molar-refractivity contribution in [3.8, 4) is 11.5 Å². The van der Waals surface area contributed by atoms with Crippen LogP contribution in [-0.4, -0.2) is 43.8 Å². The van der Waals surface area contributed by atoms with Crippen LogP contribution >= 0.6 is 0 Å². The zero-order valence-electron chi connectivity index (χ0n) is 11.0. The van der Waals surface area contributed by atoms with Crippen molar-refractivity contribution in [2.24, 2.45) is 0 Å². The van der Waals surface area contributed by atoms with Gasteiger partial charge in [-0.3, -0.25) is 4.79 Å². The van der Waals surface area contributed by atoms with Crippen molar-refractivity contribution in [1.82, 2.24) is 10.2 Å². The Morgan fingerprint density at radius 1 is 1.42 bits per heavy atom. The van der Waals surface area contributed by atoms with Gasteiger partial charge in [0, 0.05) is 19.1 Å². The molecule has 19 heavy (non-hydrogen) atoms. The molecule has 1 aromatic rings. The van der Waals surface area contributed by atoms with Gasteiger partial charge in [-0.2, -0.15) is 0 Å². The number of fused-ring (bicyclic) bond motifs is 1. The van der Waals surface area contributed by atoms with Crippen molar-refractivity contribution < 1.29 is 14.3 Å². The van der Waals surface area contributed by atoms with Crippen LogP contribution in [0.3, 0.4) is 0 Å². The number of piperidine rings is 1. The van der Waals surface area contributed by atoms with Crippen LogP contribution in [0.15, 0.2) is 18.2 Å². The first-order chi connectivity index (χ1) is 9.29. The second-order valence-electron chi connectivity index (χ2n) is 4.92. The molecule has 0 saturated carbocycles. The fourth-order valence-electron chi connectivity index (χ4n) is 2.67. The molecule has 1 fully saturated rings. The number of likely N-dealkylation sites (tertiary alicyclic amines) is 1. The van der Waals surface area contributed by atoms with E-state index >= 15 is 0 Å². The Hall–Kier alpha value is -1.75. The van der Waals surface area contributed by atoms with E-state index in [-0.39, 0.29) is 12.7 Å². The lowest BCUT2D eigenvalue weighted by molar-refractivity contribution is 0.0693. The number of benzene rings is 1. The van der Waals surface area contributed by atoms with Gasteiger partial charge in [0.2, 0.25) is 6.79 Å². The highest BCUT2D eigenvalue weighted by Gasteiger charge is 2.28. The summed E-state index contributed by atoms with van der Waals surface area (Å²) in [6, 6.07) is 5.84. The second kappa shape index (κ2) is 5.09. The average Bonchev–Trinajstić information content (AvgIpc) is 2.95. The van der Waals surface area contributed by atoms with E-state index in [4.69, 9.17) is 9.47 Å². The number of hydrogen-bond donors (Lipinski definition) is 1. The Bertz CT molecular complexity index is 490. The zero-order valence-corrected chi connectivity index (χ0v) is 11.0. The maximum absolute atomic E-state index is 12.6. The van der Waals surface area contributed by atoms with Crippen LogP contribution in [0.25, 0.3) is 0 Å². The van der Waals surface area contributed by atoms with Crippen LogP contribution in [0.1, 0.15) is 23.2 Å². The van der Waals surface area contributed by atoms with Crippen molar-refractivity contribution in [3.63, 3.8) is 0 Å². The molecule has 102 valence electrons. The van der Waals surface area contributed by atoms with E-state index in [1.807, 2.05) is 24.1 Å². The van der Waals surface area contributed by atoms with Crippen LogP contribution in [0, 0.1) is 0 Å². The molecule has 0 aliphatic carbocycles.